The van der Waals surface area contributed by atoms with Crippen molar-refractivity contribution in [3.05, 3.63) is 51.5 Å². The van der Waals surface area contributed by atoms with Crippen molar-refractivity contribution in [1.82, 2.24) is 9.97 Å². The average molecular weight is 291 g/mol. The Morgan fingerprint density at radius 2 is 2.10 bits per heavy atom. The molecule has 1 atom stereocenters. The maximum absolute atomic E-state index is 13.4. The third-order valence-electron chi connectivity index (χ3n) is 3.23. The first-order valence-electron chi connectivity index (χ1n) is 6.60. The number of anilines is 1. The van der Waals surface area contributed by atoms with Gasteiger partial charge < -0.3 is 15.0 Å². The molecule has 0 radical (unpaired) electrons. The van der Waals surface area contributed by atoms with Gasteiger partial charge >= 0.3 is 0 Å². The van der Waals surface area contributed by atoms with Crippen LogP contribution in [0.2, 0.25) is 0 Å². The molecule has 21 heavy (non-hydrogen) atoms. The smallest absolute Gasteiger partial charge is 0.256 e. The summed E-state index contributed by atoms with van der Waals surface area (Å²) in [6.45, 7) is 5.38. The summed E-state index contributed by atoms with van der Waals surface area (Å²) in [6, 6.07) is 4.20. The number of halogens is 1. The third-order valence-corrected chi connectivity index (χ3v) is 3.23. The van der Waals surface area contributed by atoms with E-state index in [4.69, 9.17) is 4.74 Å². The van der Waals surface area contributed by atoms with Crippen molar-refractivity contribution in [2.75, 3.05) is 12.4 Å². The summed E-state index contributed by atoms with van der Waals surface area (Å²) in [7, 11) is 1.41. The summed E-state index contributed by atoms with van der Waals surface area (Å²) in [5.74, 6) is 0.304. The molecule has 0 saturated carbocycles. The molecule has 0 fully saturated rings. The Bertz CT molecular complexity index is 713. The molecule has 0 aliphatic heterocycles. The Morgan fingerprint density at radius 1 is 1.38 bits per heavy atom. The van der Waals surface area contributed by atoms with Crippen LogP contribution in [-0.2, 0) is 0 Å². The second-order valence-electron chi connectivity index (χ2n) is 4.87. The highest BCUT2D eigenvalue weighted by molar-refractivity contribution is 5.50. The number of hydrogen-bond acceptors (Lipinski definition) is 4. The van der Waals surface area contributed by atoms with Crippen LogP contribution in [0.5, 0.6) is 5.75 Å². The summed E-state index contributed by atoms with van der Waals surface area (Å²) in [5, 5.41) is 3.15. The largest absolute Gasteiger partial charge is 0.494 e. The lowest BCUT2D eigenvalue weighted by molar-refractivity contribution is 0.387. The molecular formula is C15H18FN3O2. The van der Waals surface area contributed by atoms with Gasteiger partial charge in [0.2, 0.25) is 0 Å². The molecule has 5 nitrogen and oxygen atoms in total. The molecule has 0 amide bonds. The minimum Gasteiger partial charge on any atom is -0.494 e. The molecule has 112 valence electrons. The first kappa shape index (κ1) is 15.0. The molecule has 1 unspecified atom stereocenters. The highest BCUT2D eigenvalue weighted by atomic mass is 19.1. The van der Waals surface area contributed by atoms with Crippen LogP contribution in [0.3, 0.4) is 0 Å². The van der Waals surface area contributed by atoms with Crippen molar-refractivity contribution in [1.29, 1.82) is 0 Å². The number of H-pyrrole nitrogens is 1. The first-order chi connectivity index (χ1) is 9.92. The zero-order valence-electron chi connectivity index (χ0n) is 12.5. The molecule has 6 heteroatoms. The summed E-state index contributed by atoms with van der Waals surface area (Å²) >= 11 is 0. The predicted molar refractivity (Wildman–Crippen MR) is 79.3 cm³/mol. The van der Waals surface area contributed by atoms with Crippen LogP contribution in [-0.4, -0.2) is 17.1 Å². The van der Waals surface area contributed by atoms with Gasteiger partial charge in [-0.1, -0.05) is 0 Å². The van der Waals surface area contributed by atoms with Crippen molar-refractivity contribution >= 4 is 5.69 Å². The van der Waals surface area contributed by atoms with E-state index in [9.17, 15) is 9.18 Å². The Hall–Kier alpha value is -2.37. The lowest BCUT2D eigenvalue weighted by atomic mass is 10.1. The van der Waals surface area contributed by atoms with Gasteiger partial charge in [-0.2, -0.15) is 0 Å². The van der Waals surface area contributed by atoms with E-state index in [0.29, 0.717) is 22.8 Å². The number of rotatable bonds is 4. The van der Waals surface area contributed by atoms with Crippen molar-refractivity contribution in [3.63, 3.8) is 0 Å². The number of aromatic amines is 1. The van der Waals surface area contributed by atoms with Gasteiger partial charge in [-0.25, -0.2) is 9.37 Å². The fourth-order valence-electron chi connectivity index (χ4n) is 2.32. The number of aromatic nitrogens is 2. The van der Waals surface area contributed by atoms with E-state index >= 15 is 0 Å². The van der Waals surface area contributed by atoms with Crippen LogP contribution in [0.1, 0.15) is 30.0 Å². The lowest BCUT2D eigenvalue weighted by Crippen LogP contribution is -2.23. The molecule has 0 spiro atoms. The third kappa shape index (κ3) is 3.21. The van der Waals surface area contributed by atoms with Gasteiger partial charge in [0.25, 0.3) is 5.56 Å². The summed E-state index contributed by atoms with van der Waals surface area (Å²) in [4.78, 5) is 19.0. The molecule has 2 N–H and O–H groups in total. The molecule has 1 aromatic heterocycles. The van der Waals surface area contributed by atoms with Crippen LogP contribution in [0.15, 0.2) is 23.0 Å². The van der Waals surface area contributed by atoms with E-state index in [2.05, 4.69) is 15.3 Å². The second kappa shape index (κ2) is 5.95. The van der Waals surface area contributed by atoms with Crippen LogP contribution < -0.4 is 15.6 Å². The number of ether oxygens (including phenoxy) is 1. The monoisotopic (exact) mass is 291 g/mol. The molecular weight excluding hydrogens is 273 g/mol. The van der Waals surface area contributed by atoms with Gasteiger partial charge in [0.15, 0.2) is 11.6 Å². The van der Waals surface area contributed by atoms with Crippen molar-refractivity contribution in [3.8, 4) is 5.75 Å². The molecule has 0 saturated heterocycles. The van der Waals surface area contributed by atoms with Gasteiger partial charge in [-0.05, 0) is 32.9 Å². The fraction of sp³-hybridized carbons (Fsp3) is 0.333. The number of hydrogen-bond donors (Lipinski definition) is 2. The normalized spacial score (nSPS) is 12.0. The van der Waals surface area contributed by atoms with Crippen molar-refractivity contribution in [2.45, 2.75) is 26.8 Å². The maximum Gasteiger partial charge on any atom is 0.256 e. The van der Waals surface area contributed by atoms with Crippen LogP contribution >= 0.6 is 0 Å². The second-order valence-corrected chi connectivity index (χ2v) is 4.87. The Morgan fingerprint density at radius 3 is 2.71 bits per heavy atom. The van der Waals surface area contributed by atoms with Crippen LogP contribution in [0, 0.1) is 19.7 Å². The fourth-order valence-corrected chi connectivity index (χ4v) is 2.32. The quantitative estimate of drug-likeness (QED) is 0.909. The Balaban J connectivity index is 2.30. The number of aryl methyl sites for hydroxylation is 2. The lowest BCUT2D eigenvalue weighted by Gasteiger charge is -2.17. The molecule has 1 aromatic carbocycles. The van der Waals surface area contributed by atoms with Crippen molar-refractivity contribution < 1.29 is 9.13 Å². The van der Waals surface area contributed by atoms with Crippen molar-refractivity contribution in [2.24, 2.45) is 0 Å². The zero-order chi connectivity index (χ0) is 15.6. The highest BCUT2D eigenvalue weighted by Crippen LogP contribution is 2.24. The molecule has 1 heterocycles. The average Bonchev–Trinajstić information content (AvgIpc) is 2.39. The topological polar surface area (TPSA) is 67.0 Å². The molecule has 0 aliphatic rings. The molecule has 0 aliphatic carbocycles. The standard InChI is InChI=1S/C15H18FN3O2/c1-8-14(15(20)19-10(3)17-8)9(2)18-11-5-6-12(16)13(7-11)21-4/h5-7,9,18H,1-4H3,(H,17,19,20). The summed E-state index contributed by atoms with van der Waals surface area (Å²) in [5.41, 5.74) is 1.73. The Labute approximate surface area is 122 Å². The van der Waals surface area contributed by atoms with Gasteiger partial charge in [0.05, 0.1) is 24.4 Å². The maximum atomic E-state index is 13.4. The minimum atomic E-state index is -0.429. The predicted octanol–water partition coefficient (Wildman–Crippen LogP) is 2.71. The van der Waals surface area contributed by atoms with Gasteiger partial charge in [-0.15, -0.1) is 0 Å². The molecule has 0 bridgehead atoms. The SMILES string of the molecule is COc1cc(NC(C)c2c(C)nc(C)[nH]c2=O)ccc1F. The highest BCUT2D eigenvalue weighted by Gasteiger charge is 2.15. The molecule has 2 aromatic rings. The first-order valence-corrected chi connectivity index (χ1v) is 6.60. The van der Waals surface area contributed by atoms with E-state index in [1.165, 1.54) is 13.2 Å². The van der Waals surface area contributed by atoms with Gasteiger partial charge in [0.1, 0.15) is 5.82 Å². The summed E-state index contributed by atoms with van der Waals surface area (Å²) < 4.78 is 18.3. The number of benzene rings is 1. The Kier molecular flexibility index (Phi) is 4.26. The van der Waals surface area contributed by atoms with E-state index < -0.39 is 5.82 Å². The van der Waals surface area contributed by atoms with E-state index in [0.717, 1.165) is 0 Å². The zero-order valence-corrected chi connectivity index (χ0v) is 12.5. The van der Waals surface area contributed by atoms with E-state index in [1.54, 1.807) is 26.0 Å². The number of nitrogens with one attached hydrogen (secondary N) is 2. The minimum absolute atomic E-state index is 0.153. The summed E-state index contributed by atoms with van der Waals surface area (Å²) in [6.07, 6.45) is 0. The van der Waals surface area contributed by atoms with Gasteiger partial charge in [0, 0.05) is 11.8 Å². The molecule has 2 rings (SSSR count). The van der Waals surface area contributed by atoms with Crippen LogP contribution in [0.4, 0.5) is 10.1 Å². The van der Waals surface area contributed by atoms with E-state index in [-0.39, 0.29) is 17.4 Å². The van der Waals surface area contributed by atoms with Gasteiger partial charge in [-0.3, -0.25) is 4.79 Å². The van der Waals surface area contributed by atoms with Crippen LogP contribution in [0.25, 0.3) is 0 Å². The number of nitrogens with zero attached hydrogens (tertiary/aromatic N) is 1. The number of methoxy groups -OCH3 is 1. The van der Waals surface area contributed by atoms with E-state index in [1.807, 2.05) is 6.92 Å².